The molecule has 3 aliphatic rings. The molecule has 2 saturated carbocycles. The number of methoxy groups -OCH3 is 1. The van der Waals surface area contributed by atoms with Crippen LogP contribution in [0.3, 0.4) is 0 Å². The molecule has 0 amide bonds. The Morgan fingerprint density at radius 1 is 0.946 bits per heavy atom. The molecule has 0 radical (unpaired) electrons. The number of ether oxygens (including phenoxy) is 3. The molecule has 1 saturated heterocycles. The van der Waals surface area contributed by atoms with Crippen molar-refractivity contribution in [2.45, 2.75) is 128 Å². The summed E-state index contributed by atoms with van der Waals surface area (Å²) in [4.78, 5) is 23.9. The lowest BCUT2D eigenvalue weighted by molar-refractivity contribution is -0.699. The molecule has 10 atom stereocenters. The number of piperidine rings is 1. The van der Waals surface area contributed by atoms with Gasteiger partial charge in [0.15, 0.2) is 0 Å². The molecule has 214 valence electrons. The second-order valence-corrected chi connectivity index (χ2v) is 11.8. The minimum atomic E-state index is -0.479. The first-order valence-corrected chi connectivity index (χ1v) is 14.5. The fourth-order valence-electron chi connectivity index (χ4n) is 7.27. The first-order chi connectivity index (χ1) is 17.7. The summed E-state index contributed by atoms with van der Waals surface area (Å²) in [6.07, 6.45) is 8.07. The number of hydrogen-bond acceptors (Lipinski definition) is 8. The average molecular weight is 528 g/mol. The first-order valence-electron chi connectivity index (χ1n) is 14.5. The third kappa shape index (κ3) is 9.46. The van der Waals surface area contributed by atoms with Gasteiger partial charge in [0, 0.05) is 33.8 Å². The minimum Gasteiger partial charge on any atom is -0.462 e. The minimum absolute atomic E-state index is 0.0927. The highest BCUT2D eigenvalue weighted by atomic mass is 16.6. The van der Waals surface area contributed by atoms with Crippen molar-refractivity contribution in [3.63, 3.8) is 0 Å². The monoisotopic (exact) mass is 527 g/mol. The third-order valence-corrected chi connectivity index (χ3v) is 9.06. The Morgan fingerprint density at radius 2 is 1.65 bits per heavy atom. The molecule has 1 aliphatic heterocycles. The van der Waals surface area contributed by atoms with E-state index in [1.54, 1.807) is 7.11 Å². The molecule has 1 heterocycles. The number of carbonyl (C=O) groups excluding carboxylic acids is 2. The van der Waals surface area contributed by atoms with Crippen LogP contribution in [0.4, 0.5) is 0 Å². The Hall–Kier alpha value is -1.26. The van der Waals surface area contributed by atoms with Crippen LogP contribution in [0, 0.1) is 23.7 Å². The predicted octanol–water partition coefficient (Wildman–Crippen LogP) is 1.62. The zero-order valence-electron chi connectivity index (χ0n) is 23.1. The zero-order chi connectivity index (χ0) is 26.9. The Kier molecular flexibility index (Phi) is 12.1. The van der Waals surface area contributed by atoms with E-state index in [1.807, 2.05) is 0 Å². The summed E-state index contributed by atoms with van der Waals surface area (Å²) >= 11 is 0. The highest BCUT2D eigenvalue weighted by molar-refractivity contribution is 5.66. The fraction of sp³-hybridized carbons (Fsp3) is 0.929. The maximum absolute atomic E-state index is 12.0. The fourth-order valence-corrected chi connectivity index (χ4v) is 7.27. The molecule has 6 N–H and O–H groups in total. The van der Waals surface area contributed by atoms with Gasteiger partial charge in [-0.15, -0.1) is 0 Å². The summed E-state index contributed by atoms with van der Waals surface area (Å²) in [5.74, 6) is 0.533. The van der Waals surface area contributed by atoms with E-state index in [0.29, 0.717) is 43.4 Å². The predicted molar refractivity (Wildman–Crippen MR) is 138 cm³/mol. The summed E-state index contributed by atoms with van der Waals surface area (Å²) in [7, 11) is 1.65. The largest absolute Gasteiger partial charge is 0.462 e. The lowest BCUT2D eigenvalue weighted by Crippen LogP contribution is -2.94. The number of carbonyl (C=O) groups is 2. The second kappa shape index (κ2) is 14.8. The molecule has 0 aromatic heterocycles. The van der Waals surface area contributed by atoms with Gasteiger partial charge >= 0.3 is 11.9 Å². The maximum atomic E-state index is 12.0. The summed E-state index contributed by atoms with van der Waals surface area (Å²) in [6.45, 7) is 3.83. The van der Waals surface area contributed by atoms with E-state index in [0.717, 1.165) is 57.9 Å². The van der Waals surface area contributed by atoms with Crippen LogP contribution >= 0.6 is 0 Å². The second-order valence-electron chi connectivity index (χ2n) is 11.8. The van der Waals surface area contributed by atoms with Gasteiger partial charge in [-0.05, 0) is 75.0 Å². The van der Waals surface area contributed by atoms with Crippen molar-refractivity contribution in [2.75, 3.05) is 13.7 Å². The van der Waals surface area contributed by atoms with Crippen LogP contribution in [0.5, 0.6) is 0 Å². The molecular formula is C28H51N2O7+. The quantitative estimate of drug-likeness (QED) is 0.297. The van der Waals surface area contributed by atoms with Crippen molar-refractivity contribution in [3.05, 3.63) is 0 Å². The molecular weight excluding hydrogens is 476 g/mol. The summed E-state index contributed by atoms with van der Waals surface area (Å²) in [6, 6.07) is 0. The van der Waals surface area contributed by atoms with Gasteiger partial charge in [0.2, 0.25) is 0 Å². The van der Waals surface area contributed by atoms with Gasteiger partial charge in [0.05, 0.1) is 24.9 Å². The van der Waals surface area contributed by atoms with E-state index in [1.165, 1.54) is 13.8 Å². The number of rotatable bonds is 11. The van der Waals surface area contributed by atoms with Crippen molar-refractivity contribution >= 4 is 11.9 Å². The lowest BCUT2D eigenvalue weighted by Gasteiger charge is -2.44. The topological polar surface area (TPSA) is 145 Å². The smallest absolute Gasteiger partial charge is 0.302 e. The van der Waals surface area contributed by atoms with E-state index in [-0.39, 0.29) is 42.3 Å². The SMILES string of the molecule is COC1CC(CC[C@H](C[C@H](C[C@@H]2CCCC[C@@H]2O)OC(C)=O)OC(C)=O)C(C2CC[NH2+]C(N)C2)CC1O. The van der Waals surface area contributed by atoms with Gasteiger partial charge in [-0.25, -0.2) is 0 Å². The van der Waals surface area contributed by atoms with Crippen LogP contribution in [0.25, 0.3) is 0 Å². The van der Waals surface area contributed by atoms with Gasteiger partial charge < -0.3 is 29.7 Å². The van der Waals surface area contributed by atoms with E-state index in [9.17, 15) is 19.8 Å². The van der Waals surface area contributed by atoms with E-state index < -0.39 is 12.2 Å². The van der Waals surface area contributed by atoms with Crippen molar-refractivity contribution in [3.8, 4) is 0 Å². The Balaban J connectivity index is 1.68. The summed E-state index contributed by atoms with van der Waals surface area (Å²) in [5, 5.41) is 23.4. The molecule has 37 heavy (non-hydrogen) atoms. The standard InChI is InChI=1S/C28H50N2O7/c1-17(31)36-22(15-23(37-18(2)32)12-21-6-4-5-7-25(21)33)9-8-19-13-27(35-3)26(34)16-24(19)20-10-11-30-28(29)14-20/h19-28,30,33-34H,4-16,29H2,1-3H3/p+1/t19?,20?,21-,22+,23-,24?,25-,26?,27?,28?/m0/s1. The molecule has 9 heteroatoms. The van der Waals surface area contributed by atoms with Crippen molar-refractivity contribution in [2.24, 2.45) is 29.4 Å². The molecule has 0 spiro atoms. The zero-order valence-corrected chi connectivity index (χ0v) is 23.1. The Bertz CT molecular complexity index is 723. The number of aliphatic hydroxyl groups excluding tert-OH is 2. The van der Waals surface area contributed by atoms with Gasteiger partial charge in [0.25, 0.3) is 0 Å². The third-order valence-electron chi connectivity index (χ3n) is 9.06. The van der Waals surface area contributed by atoms with Crippen molar-refractivity contribution in [1.29, 1.82) is 0 Å². The molecule has 3 rings (SSSR count). The highest BCUT2D eigenvalue weighted by Crippen LogP contribution is 2.42. The molecule has 0 aromatic carbocycles. The average Bonchev–Trinajstić information content (AvgIpc) is 2.83. The maximum Gasteiger partial charge on any atom is 0.302 e. The van der Waals surface area contributed by atoms with Crippen LogP contribution in [0.15, 0.2) is 0 Å². The molecule has 0 bridgehead atoms. The normalized spacial score (nSPS) is 36.4. The molecule has 6 unspecified atom stereocenters. The molecule has 9 nitrogen and oxygen atoms in total. The van der Waals surface area contributed by atoms with Crippen LogP contribution < -0.4 is 11.1 Å². The molecule has 3 fully saturated rings. The van der Waals surface area contributed by atoms with Gasteiger partial charge in [-0.2, -0.15) is 0 Å². The van der Waals surface area contributed by atoms with Crippen LogP contribution in [0.2, 0.25) is 0 Å². The van der Waals surface area contributed by atoms with Gasteiger partial charge in [-0.1, -0.05) is 12.8 Å². The van der Waals surface area contributed by atoms with Gasteiger partial charge in [0.1, 0.15) is 18.4 Å². The number of quaternary nitrogens is 1. The van der Waals surface area contributed by atoms with Crippen molar-refractivity contribution in [1.82, 2.24) is 0 Å². The van der Waals surface area contributed by atoms with Crippen LogP contribution in [-0.2, 0) is 23.8 Å². The highest BCUT2D eigenvalue weighted by Gasteiger charge is 2.42. The van der Waals surface area contributed by atoms with Crippen LogP contribution in [0.1, 0.15) is 90.9 Å². The number of esters is 2. The van der Waals surface area contributed by atoms with Crippen molar-refractivity contribution < 1.29 is 39.3 Å². The van der Waals surface area contributed by atoms with E-state index >= 15 is 0 Å². The lowest BCUT2D eigenvalue weighted by atomic mass is 9.66. The van der Waals surface area contributed by atoms with Gasteiger partial charge in [-0.3, -0.25) is 15.3 Å². The molecule has 2 aliphatic carbocycles. The number of nitrogens with two attached hydrogens (primary N) is 2. The molecule has 0 aromatic rings. The Morgan fingerprint density at radius 3 is 2.30 bits per heavy atom. The summed E-state index contributed by atoms with van der Waals surface area (Å²) in [5.41, 5.74) is 6.26. The number of aliphatic hydroxyl groups is 2. The van der Waals surface area contributed by atoms with E-state index in [4.69, 9.17) is 19.9 Å². The van der Waals surface area contributed by atoms with Crippen LogP contribution in [-0.4, -0.2) is 72.5 Å². The van der Waals surface area contributed by atoms with E-state index in [2.05, 4.69) is 5.32 Å². The Labute approximate surface area is 222 Å². The summed E-state index contributed by atoms with van der Waals surface area (Å²) < 4.78 is 17.0. The first kappa shape index (κ1) is 30.3. The number of hydrogen-bond donors (Lipinski definition) is 4.